The van der Waals surface area contributed by atoms with Crippen LogP contribution in [0.2, 0.25) is 0 Å². The normalized spacial score (nSPS) is 16.8. The summed E-state index contributed by atoms with van der Waals surface area (Å²) in [5.74, 6) is 1.03. The summed E-state index contributed by atoms with van der Waals surface area (Å²) in [6, 6.07) is 12.6. The fourth-order valence-electron chi connectivity index (χ4n) is 4.58. The van der Waals surface area contributed by atoms with E-state index in [4.69, 9.17) is 0 Å². The van der Waals surface area contributed by atoms with Crippen LogP contribution in [-0.4, -0.2) is 44.4 Å². The number of phenolic OH excluding ortho intramolecular Hbond substituents is 1. The maximum Gasteiger partial charge on any atom is 0.158 e. The maximum absolute atomic E-state index is 13.9. The zero-order chi connectivity index (χ0) is 20.5. The van der Waals surface area contributed by atoms with Crippen molar-refractivity contribution in [1.29, 1.82) is 0 Å². The van der Waals surface area contributed by atoms with Crippen LogP contribution in [0.1, 0.15) is 35.4 Å². The van der Waals surface area contributed by atoms with Crippen LogP contribution in [0.3, 0.4) is 0 Å². The molecule has 5 nitrogen and oxygen atoms in total. The molecule has 0 saturated carbocycles. The number of likely N-dealkylation sites (tertiary alicyclic amines) is 1. The maximum atomic E-state index is 13.9. The molecule has 1 fully saturated rings. The van der Waals surface area contributed by atoms with Gasteiger partial charge < -0.3 is 10.0 Å². The zero-order valence-electron chi connectivity index (χ0n) is 16.9. The van der Waals surface area contributed by atoms with E-state index in [-0.39, 0.29) is 5.82 Å². The number of nitrogens with zero attached hydrogens (tertiary/aromatic N) is 4. The molecule has 6 heteroatoms. The Hall–Kier alpha value is -2.99. The molecule has 0 aliphatic carbocycles. The molecular weight excluding hydrogens is 379 g/mol. The summed E-state index contributed by atoms with van der Waals surface area (Å²) in [5.41, 5.74) is 5.93. The Bertz CT molecular complexity index is 1080. The minimum Gasteiger partial charge on any atom is -0.508 e. The predicted molar refractivity (Wildman–Crippen MR) is 114 cm³/mol. The molecule has 1 saturated heterocycles. The van der Waals surface area contributed by atoms with Crippen molar-refractivity contribution in [2.45, 2.75) is 32.2 Å². The second-order valence-electron chi connectivity index (χ2n) is 8.09. The van der Waals surface area contributed by atoms with Crippen molar-refractivity contribution in [2.75, 3.05) is 19.6 Å². The smallest absolute Gasteiger partial charge is 0.158 e. The third kappa shape index (κ3) is 3.75. The van der Waals surface area contributed by atoms with Gasteiger partial charge in [0.2, 0.25) is 0 Å². The van der Waals surface area contributed by atoms with Gasteiger partial charge in [0.1, 0.15) is 17.9 Å². The molecular formula is C24H25FN4O. The number of fused-ring (bicyclic) bond motifs is 2. The number of aromatic hydroxyl groups is 1. The Labute approximate surface area is 175 Å². The van der Waals surface area contributed by atoms with E-state index in [9.17, 15) is 9.50 Å². The van der Waals surface area contributed by atoms with Gasteiger partial charge in [-0.05, 0) is 66.6 Å². The first kappa shape index (κ1) is 19.0. The van der Waals surface area contributed by atoms with Gasteiger partial charge in [-0.1, -0.05) is 23.8 Å². The lowest BCUT2D eigenvalue weighted by Crippen LogP contribution is -2.33. The van der Waals surface area contributed by atoms with Crippen LogP contribution in [0.4, 0.5) is 4.39 Å². The highest BCUT2D eigenvalue weighted by atomic mass is 19.1. The lowest BCUT2D eigenvalue weighted by Gasteiger charge is -2.30. The van der Waals surface area contributed by atoms with Crippen LogP contribution in [0.5, 0.6) is 5.75 Å². The van der Waals surface area contributed by atoms with Crippen molar-refractivity contribution in [3.05, 3.63) is 82.7 Å². The molecule has 30 heavy (non-hydrogen) atoms. The van der Waals surface area contributed by atoms with Gasteiger partial charge in [0.25, 0.3) is 0 Å². The van der Waals surface area contributed by atoms with Crippen molar-refractivity contribution in [3.8, 4) is 5.75 Å². The molecule has 3 heterocycles. The van der Waals surface area contributed by atoms with Crippen molar-refractivity contribution < 1.29 is 9.50 Å². The van der Waals surface area contributed by atoms with E-state index < -0.39 is 0 Å². The van der Waals surface area contributed by atoms with Gasteiger partial charge >= 0.3 is 0 Å². The highest BCUT2D eigenvalue weighted by Crippen LogP contribution is 2.35. The summed E-state index contributed by atoms with van der Waals surface area (Å²) in [5, 5.41) is 13.8. The summed E-state index contributed by atoms with van der Waals surface area (Å²) in [4.78, 5) is 7.05. The van der Waals surface area contributed by atoms with Gasteiger partial charge in [0.05, 0.1) is 0 Å². The first-order chi connectivity index (χ1) is 14.7. The van der Waals surface area contributed by atoms with E-state index in [1.54, 1.807) is 30.6 Å². The third-order valence-electron chi connectivity index (χ3n) is 6.23. The number of benzene rings is 2. The first-order valence-electron chi connectivity index (χ1n) is 10.6. The number of aromatic nitrogens is 3. The molecule has 2 aliphatic rings. The van der Waals surface area contributed by atoms with E-state index in [0.717, 1.165) is 74.4 Å². The van der Waals surface area contributed by atoms with Gasteiger partial charge in [-0.2, -0.15) is 5.10 Å². The lowest BCUT2D eigenvalue weighted by atomic mass is 9.89. The van der Waals surface area contributed by atoms with Gasteiger partial charge in [-0.15, -0.1) is 0 Å². The average molecular weight is 404 g/mol. The molecule has 0 radical (unpaired) electrons. The largest absolute Gasteiger partial charge is 0.508 e. The average Bonchev–Trinajstić information content (AvgIpc) is 3.16. The highest BCUT2D eigenvalue weighted by Gasteiger charge is 2.25. The predicted octanol–water partition coefficient (Wildman–Crippen LogP) is 3.82. The molecule has 3 aromatic rings. The molecule has 2 aliphatic heterocycles. The molecule has 154 valence electrons. The number of rotatable bonds is 3. The Morgan fingerprint density at radius 2 is 1.77 bits per heavy atom. The summed E-state index contributed by atoms with van der Waals surface area (Å²) in [7, 11) is 0. The van der Waals surface area contributed by atoms with Crippen LogP contribution in [0.15, 0.2) is 54.4 Å². The van der Waals surface area contributed by atoms with Crippen molar-refractivity contribution in [1.82, 2.24) is 19.7 Å². The molecule has 0 bridgehead atoms. The summed E-state index contributed by atoms with van der Waals surface area (Å²) in [6.07, 6.45) is 5.32. The first-order valence-corrected chi connectivity index (χ1v) is 10.6. The van der Waals surface area contributed by atoms with Crippen molar-refractivity contribution in [2.24, 2.45) is 0 Å². The van der Waals surface area contributed by atoms with Crippen LogP contribution in [0.25, 0.3) is 5.57 Å². The molecule has 2 aromatic carbocycles. The number of halogens is 1. The van der Waals surface area contributed by atoms with Gasteiger partial charge in [-0.3, -0.25) is 0 Å². The zero-order valence-corrected chi connectivity index (χ0v) is 16.9. The van der Waals surface area contributed by atoms with Crippen LogP contribution >= 0.6 is 0 Å². The number of hydrogen-bond acceptors (Lipinski definition) is 4. The highest BCUT2D eigenvalue weighted by molar-refractivity contribution is 5.81. The van der Waals surface area contributed by atoms with Crippen LogP contribution in [0, 0.1) is 5.82 Å². The summed E-state index contributed by atoms with van der Waals surface area (Å²) >= 11 is 0. The van der Waals surface area contributed by atoms with Crippen LogP contribution < -0.4 is 0 Å². The molecule has 0 amide bonds. The quantitative estimate of drug-likeness (QED) is 0.721. The van der Waals surface area contributed by atoms with Crippen LogP contribution in [-0.2, 0) is 19.4 Å². The van der Waals surface area contributed by atoms with Gasteiger partial charge in [-0.25, -0.2) is 14.1 Å². The molecule has 0 unspecified atom stereocenters. The number of piperidine rings is 1. The van der Waals surface area contributed by atoms with E-state index in [1.807, 2.05) is 22.9 Å². The Morgan fingerprint density at radius 3 is 2.57 bits per heavy atom. The van der Waals surface area contributed by atoms with Crippen molar-refractivity contribution in [3.63, 3.8) is 0 Å². The van der Waals surface area contributed by atoms with E-state index in [1.165, 1.54) is 11.1 Å². The fourth-order valence-corrected chi connectivity index (χ4v) is 4.58. The third-order valence-corrected chi connectivity index (χ3v) is 6.23. The van der Waals surface area contributed by atoms with E-state index >= 15 is 0 Å². The topological polar surface area (TPSA) is 54.2 Å². The Balaban J connectivity index is 1.37. The monoisotopic (exact) mass is 404 g/mol. The number of hydrogen-bond donors (Lipinski definition) is 1. The minimum absolute atomic E-state index is 0.186. The second kappa shape index (κ2) is 8.03. The fraction of sp³-hybridized carbons (Fsp3) is 0.333. The number of aryl methyl sites for hydroxylation is 2. The minimum atomic E-state index is -0.186. The molecule has 1 aromatic heterocycles. The second-order valence-corrected chi connectivity index (χ2v) is 8.09. The summed E-state index contributed by atoms with van der Waals surface area (Å²) < 4.78 is 15.8. The Morgan fingerprint density at radius 1 is 0.967 bits per heavy atom. The van der Waals surface area contributed by atoms with Crippen molar-refractivity contribution >= 4 is 5.57 Å². The van der Waals surface area contributed by atoms with Gasteiger partial charge in [0, 0.05) is 31.8 Å². The standard InChI is InChI=1S/C24H25FN4O/c25-20-3-6-22-19(15-20)10-14-29-24(26-16-27-29)23(22)18-8-12-28(13-9-18)11-7-17-1-4-21(30)5-2-17/h1-6,15-16,30H,7-14H2. The molecule has 0 spiro atoms. The number of phenols is 1. The lowest BCUT2D eigenvalue weighted by molar-refractivity contribution is 0.260. The van der Waals surface area contributed by atoms with E-state index in [2.05, 4.69) is 15.0 Å². The van der Waals surface area contributed by atoms with Gasteiger partial charge in [0.15, 0.2) is 5.82 Å². The summed E-state index contributed by atoms with van der Waals surface area (Å²) in [6.45, 7) is 3.73. The SMILES string of the molecule is Oc1ccc(CCN2CCC(=C3c4ccc(F)cc4CCn4ncnc43)CC2)cc1. The molecule has 5 rings (SSSR count). The molecule has 0 atom stereocenters. The van der Waals surface area contributed by atoms with E-state index in [0.29, 0.717) is 5.75 Å². The Kier molecular flexibility index (Phi) is 5.09. The molecule has 1 N–H and O–H groups in total.